The third-order valence-electron chi connectivity index (χ3n) is 8.61. The Bertz CT molecular complexity index is 1410. The lowest BCUT2D eigenvalue weighted by Crippen LogP contribution is -2.67. The number of carbonyl (C=O) groups excluding carboxylic acids is 1. The van der Waals surface area contributed by atoms with Gasteiger partial charge in [-0.3, -0.25) is 14.6 Å². The molecule has 0 N–H and O–H groups in total. The topological polar surface area (TPSA) is 89.5 Å². The molecule has 0 unspecified atom stereocenters. The van der Waals surface area contributed by atoms with Crippen LogP contribution in [-0.4, -0.2) is 115 Å². The number of rotatable bonds is 14. The van der Waals surface area contributed by atoms with Gasteiger partial charge in [-0.25, -0.2) is 8.78 Å². The number of nitrogens with zero attached hydrogens (tertiary/aromatic N) is 5. The van der Waals surface area contributed by atoms with Crippen LogP contribution in [-0.2, 0) is 16.1 Å². The predicted octanol–water partition coefficient (Wildman–Crippen LogP) is 5.33. The molecule has 2 atom stereocenters. The zero-order valence-electron chi connectivity index (χ0n) is 28.4. The van der Waals surface area contributed by atoms with Gasteiger partial charge in [0, 0.05) is 64.4 Å². The van der Waals surface area contributed by atoms with Gasteiger partial charge >= 0.3 is 6.01 Å². The van der Waals surface area contributed by atoms with Crippen molar-refractivity contribution in [2.24, 2.45) is 0 Å². The summed E-state index contributed by atoms with van der Waals surface area (Å²) in [6.07, 6.45) is -2.57. The summed E-state index contributed by atoms with van der Waals surface area (Å²) in [5.41, 5.74) is 3.04. The van der Waals surface area contributed by atoms with E-state index in [1.807, 2.05) is 30.9 Å². The molecule has 2 saturated heterocycles. The van der Waals surface area contributed by atoms with E-state index in [9.17, 15) is 13.6 Å². The molecular weight excluding hydrogens is 679 g/mol. The summed E-state index contributed by atoms with van der Waals surface area (Å²) < 4.78 is 48.0. The highest BCUT2D eigenvalue weighted by Crippen LogP contribution is 2.37. The minimum Gasteiger partial charge on any atom is -0.481 e. The van der Waals surface area contributed by atoms with E-state index >= 15 is 0 Å². The Hall–Kier alpha value is -3.29. The highest BCUT2D eigenvalue weighted by Gasteiger charge is 2.43. The number of fused-ring (bicyclic) bond motifs is 1. The van der Waals surface area contributed by atoms with E-state index in [0.717, 1.165) is 6.54 Å². The fourth-order valence-electron chi connectivity index (χ4n) is 6.64. The number of aromatic nitrogens is 2. The van der Waals surface area contributed by atoms with E-state index in [-0.39, 0.29) is 72.6 Å². The number of benzene rings is 2. The van der Waals surface area contributed by atoms with Crippen molar-refractivity contribution < 1.29 is 32.5 Å². The summed E-state index contributed by atoms with van der Waals surface area (Å²) in [5.74, 6) is 0.595. The highest BCUT2D eigenvalue weighted by atomic mass is 35.5. The van der Waals surface area contributed by atoms with Crippen LogP contribution in [0.25, 0.3) is 0 Å². The molecule has 5 rings (SSSR count). The van der Waals surface area contributed by atoms with E-state index < -0.39 is 13.0 Å². The van der Waals surface area contributed by atoms with Gasteiger partial charge in [0.25, 0.3) is 6.43 Å². The first kappa shape index (κ1) is 40.1. The smallest absolute Gasteiger partial charge is 0.323 e. The van der Waals surface area contributed by atoms with Crippen LogP contribution in [0.15, 0.2) is 60.7 Å². The lowest BCUT2D eigenvalue weighted by Gasteiger charge is -2.53. The van der Waals surface area contributed by atoms with Crippen LogP contribution in [0.2, 0.25) is 0 Å². The minimum atomic E-state index is -2.68. The lowest BCUT2D eigenvalue weighted by molar-refractivity contribution is -0.137. The van der Waals surface area contributed by atoms with Gasteiger partial charge in [0.2, 0.25) is 17.7 Å². The van der Waals surface area contributed by atoms with Gasteiger partial charge < -0.3 is 23.8 Å². The van der Waals surface area contributed by atoms with Crippen molar-refractivity contribution in [3.8, 4) is 17.8 Å². The molecule has 2 fully saturated rings. The summed E-state index contributed by atoms with van der Waals surface area (Å²) in [5, 5.41) is 0. The Kier molecular flexibility index (Phi) is 15.7. The number of piperazine rings is 2. The SMILES string of the molecule is COCCC(=O)N1CCN2[C@H](CN(Cc3c(OC)nc(OCC(F)F)nc3OC(C)C)C[C@H]2C(c2ccccc2)c2ccccc2)C1.Cl.Cl. The van der Waals surface area contributed by atoms with Crippen LogP contribution in [0, 0.1) is 0 Å². The standard InChI is InChI=1S/C35H45F2N5O5.2ClH/c1-24(2)47-34-28(33(45-4)38-35(39-34)46-23-30(36)37)21-40-19-27-20-41(31(43)15-18-44-3)16-17-42(27)29(22-40)32(25-11-7-5-8-12-25)26-13-9-6-10-14-26;;/h5-14,24,27,29-30,32H,15-23H2,1-4H3;2*1H/t27-,29+;;/m1../s1. The van der Waals surface area contributed by atoms with Crippen molar-refractivity contribution in [2.45, 2.75) is 57.3 Å². The minimum absolute atomic E-state index is 0. The van der Waals surface area contributed by atoms with Crippen molar-refractivity contribution in [1.82, 2.24) is 24.7 Å². The second kappa shape index (κ2) is 19.2. The summed E-state index contributed by atoms with van der Waals surface area (Å²) in [6.45, 7) is 7.05. The van der Waals surface area contributed by atoms with E-state index in [2.05, 4.69) is 68.3 Å². The molecule has 2 aromatic carbocycles. The lowest BCUT2D eigenvalue weighted by atomic mass is 9.81. The summed E-state index contributed by atoms with van der Waals surface area (Å²) >= 11 is 0. The van der Waals surface area contributed by atoms with Crippen molar-refractivity contribution in [2.75, 3.05) is 60.2 Å². The Morgan fingerprint density at radius 3 is 2.10 bits per heavy atom. The quantitative estimate of drug-likeness (QED) is 0.219. The summed E-state index contributed by atoms with van der Waals surface area (Å²) in [7, 11) is 3.09. The molecule has 3 aromatic rings. The number of hydrogen-bond donors (Lipinski definition) is 0. The van der Waals surface area contributed by atoms with E-state index in [4.69, 9.17) is 18.9 Å². The molecule has 10 nitrogen and oxygen atoms in total. The normalized spacial score (nSPS) is 18.1. The van der Waals surface area contributed by atoms with Gasteiger partial charge in [-0.2, -0.15) is 9.97 Å². The molecule has 0 aliphatic carbocycles. The summed E-state index contributed by atoms with van der Waals surface area (Å²) in [6, 6.07) is 21.0. The Balaban J connectivity index is 0.00000325. The molecule has 0 spiro atoms. The molecule has 270 valence electrons. The molecular formula is C35H47Cl2F2N5O5. The molecule has 1 aromatic heterocycles. The van der Waals surface area contributed by atoms with Crippen LogP contribution >= 0.6 is 24.8 Å². The van der Waals surface area contributed by atoms with E-state index in [0.29, 0.717) is 51.3 Å². The molecule has 14 heteroatoms. The Morgan fingerprint density at radius 1 is 0.898 bits per heavy atom. The second-order valence-electron chi connectivity index (χ2n) is 12.2. The Morgan fingerprint density at radius 2 is 1.53 bits per heavy atom. The zero-order valence-corrected chi connectivity index (χ0v) is 30.0. The van der Waals surface area contributed by atoms with Gasteiger partial charge in [0.15, 0.2) is 6.61 Å². The zero-order chi connectivity index (χ0) is 33.3. The van der Waals surface area contributed by atoms with Crippen LogP contribution in [0.1, 0.15) is 42.9 Å². The average Bonchev–Trinajstić information content (AvgIpc) is 3.07. The van der Waals surface area contributed by atoms with Crippen molar-refractivity contribution in [3.63, 3.8) is 0 Å². The first-order chi connectivity index (χ1) is 22.8. The number of carbonyl (C=O) groups is 1. The number of halogens is 4. The maximum atomic E-state index is 13.1. The number of hydrogen-bond acceptors (Lipinski definition) is 9. The van der Waals surface area contributed by atoms with Gasteiger partial charge in [-0.1, -0.05) is 60.7 Å². The van der Waals surface area contributed by atoms with Gasteiger partial charge in [-0.05, 0) is 25.0 Å². The third-order valence-corrected chi connectivity index (χ3v) is 8.61. The number of alkyl halides is 2. The van der Waals surface area contributed by atoms with Gasteiger partial charge in [0.1, 0.15) is 0 Å². The van der Waals surface area contributed by atoms with Crippen molar-refractivity contribution in [3.05, 3.63) is 77.4 Å². The number of methoxy groups -OCH3 is 2. The molecule has 2 aliphatic rings. The van der Waals surface area contributed by atoms with Crippen molar-refractivity contribution >= 4 is 30.7 Å². The largest absolute Gasteiger partial charge is 0.481 e. The molecule has 2 aliphatic heterocycles. The van der Waals surface area contributed by atoms with Crippen LogP contribution < -0.4 is 14.2 Å². The number of ether oxygens (including phenoxy) is 4. The fourth-order valence-corrected chi connectivity index (χ4v) is 6.64. The molecule has 3 heterocycles. The first-order valence-corrected chi connectivity index (χ1v) is 16.1. The van der Waals surface area contributed by atoms with Gasteiger partial charge in [-0.15, -0.1) is 24.8 Å². The molecule has 49 heavy (non-hydrogen) atoms. The van der Waals surface area contributed by atoms with Crippen LogP contribution in [0.3, 0.4) is 0 Å². The second-order valence-corrected chi connectivity index (χ2v) is 12.2. The molecule has 0 saturated carbocycles. The molecule has 1 amide bonds. The van der Waals surface area contributed by atoms with E-state index in [1.165, 1.54) is 18.2 Å². The van der Waals surface area contributed by atoms with Crippen LogP contribution in [0.5, 0.6) is 17.8 Å². The highest BCUT2D eigenvalue weighted by molar-refractivity contribution is 5.85. The Labute approximate surface area is 299 Å². The third kappa shape index (κ3) is 10.4. The maximum absolute atomic E-state index is 13.1. The van der Waals surface area contributed by atoms with Crippen LogP contribution in [0.4, 0.5) is 8.78 Å². The van der Waals surface area contributed by atoms with E-state index in [1.54, 1.807) is 7.11 Å². The average molecular weight is 727 g/mol. The monoisotopic (exact) mass is 725 g/mol. The van der Waals surface area contributed by atoms with Gasteiger partial charge in [0.05, 0.1) is 31.8 Å². The number of amides is 1. The molecule has 0 bridgehead atoms. The van der Waals surface area contributed by atoms with Crippen molar-refractivity contribution in [1.29, 1.82) is 0 Å². The molecule has 0 radical (unpaired) electrons. The predicted molar refractivity (Wildman–Crippen MR) is 188 cm³/mol. The fraction of sp³-hybridized carbons (Fsp3) is 0.514. The first-order valence-electron chi connectivity index (χ1n) is 16.1. The summed E-state index contributed by atoms with van der Waals surface area (Å²) in [4.78, 5) is 28.7. The maximum Gasteiger partial charge on any atom is 0.323 e.